The van der Waals surface area contributed by atoms with E-state index in [1.54, 1.807) is 0 Å². The van der Waals surface area contributed by atoms with Crippen molar-refractivity contribution < 1.29 is 20.1 Å². The SMILES string of the molecule is Cc1cccc(-c2[c-]ccc(-c3ccc(-c4ccc(-c5ccc6c(c5)C5(c7ccccc7-c7ccccc75)c5ccccc5-6)cc4)cc3)c2)n1.Cc1cccc(-c2[c-]cccc2)n1.[Ir]. The zero-order valence-electron chi connectivity index (χ0n) is 35.5. The van der Waals surface area contributed by atoms with Crippen LogP contribution < -0.4 is 0 Å². The Morgan fingerprint density at radius 2 is 0.750 bits per heavy atom. The van der Waals surface area contributed by atoms with E-state index < -0.39 is 0 Å². The first-order chi connectivity index (χ1) is 31.0. The largest absolute Gasteiger partial charge is 0.302 e. The molecule has 1 spiro atoms. The topological polar surface area (TPSA) is 25.8 Å². The molecule has 8 aromatic carbocycles. The number of benzene rings is 8. The third-order valence-corrected chi connectivity index (χ3v) is 12.6. The van der Waals surface area contributed by atoms with Crippen LogP contribution in [-0.2, 0) is 25.5 Å². The van der Waals surface area contributed by atoms with Gasteiger partial charge < -0.3 is 9.97 Å². The van der Waals surface area contributed by atoms with E-state index in [2.05, 4.69) is 169 Å². The van der Waals surface area contributed by atoms with Gasteiger partial charge in [0.05, 0.1) is 5.41 Å². The Hall–Kier alpha value is -7.29. The van der Waals surface area contributed by atoms with Crippen molar-refractivity contribution in [3.05, 3.63) is 264 Å². The molecule has 2 aromatic heterocycles. The number of rotatable bonds is 5. The maximum atomic E-state index is 4.69. The van der Waals surface area contributed by atoms with Crippen LogP contribution in [0.2, 0.25) is 0 Å². The van der Waals surface area contributed by atoms with Crippen molar-refractivity contribution in [2.45, 2.75) is 19.3 Å². The second kappa shape index (κ2) is 17.1. The molecule has 2 nitrogen and oxygen atoms in total. The van der Waals surface area contributed by atoms with Gasteiger partial charge in [0.2, 0.25) is 0 Å². The first-order valence-electron chi connectivity index (χ1n) is 21.6. The van der Waals surface area contributed by atoms with Gasteiger partial charge in [-0.15, -0.1) is 71.3 Å². The molecule has 0 fully saturated rings. The second-order valence-corrected chi connectivity index (χ2v) is 16.4. The van der Waals surface area contributed by atoms with E-state index >= 15 is 0 Å². The summed E-state index contributed by atoms with van der Waals surface area (Å²) in [5.41, 5.74) is 23.7. The van der Waals surface area contributed by atoms with Crippen LogP contribution in [0.4, 0.5) is 0 Å². The number of pyridine rings is 2. The van der Waals surface area contributed by atoms with Crippen LogP contribution in [0.15, 0.2) is 218 Å². The summed E-state index contributed by atoms with van der Waals surface area (Å²) in [6, 6.07) is 84.7. The van der Waals surface area contributed by atoms with Crippen LogP contribution in [0.1, 0.15) is 33.6 Å². The fraction of sp³-hybridized carbons (Fsp3) is 0.0492. The molecule has 2 heterocycles. The molecule has 64 heavy (non-hydrogen) atoms. The molecule has 2 aliphatic carbocycles. The minimum absolute atomic E-state index is 0. The number of hydrogen-bond acceptors (Lipinski definition) is 2. The fourth-order valence-corrected chi connectivity index (χ4v) is 9.72. The number of nitrogens with zero attached hydrogens (tertiary/aromatic N) is 2. The standard InChI is InChI=1S/C49H32N.C12H10N.Ir/c1-32-10-8-19-48(50-32)39-12-9-11-37(30-39)35-24-20-33(21-25-35)34-22-26-36(27-23-34)38-28-29-43-42-15-4-7-18-46(42)49(47(43)31-38)44-16-5-2-13-40(44)41-14-3-6-17-45(41)49;1-10-6-5-9-12(13-10)11-7-3-2-4-8-11;/h2-11,13-31H,1H3;2-7,9H,1H3;/q2*-1;. The van der Waals surface area contributed by atoms with E-state index in [1.807, 2.05) is 80.6 Å². The Kier molecular flexibility index (Phi) is 10.9. The first-order valence-corrected chi connectivity index (χ1v) is 21.6. The van der Waals surface area contributed by atoms with Crippen molar-refractivity contribution in [1.29, 1.82) is 0 Å². The molecule has 0 unspecified atom stereocenters. The molecule has 0 amide bonds. The summed E-state index contributed by atoms with van der Waals surface area (Å²) in [6.45, 7) is 4.01. The van der Waals surface area contributed by atoms with Gasteiger partial charge in [-0.25, -0.2) is 0 Å². The van der Waals surface area contributed by atoms with E-state index in [0.717, 1.165) is 39.5 Å². The van der Waals surface area contributed by atoms with Crippen LogP contribution in [-0.4, -0.2) is 9.97 Å². The van der Waals surface area contributed by atoms with Gasteiger partial charge in [-0.05, 0) is 116 Å². The van der Waals surface area contributed by atoms with Crippen molar-refractivity contribution >= 4 is 0 Å². The Bertz CT molecular complexity index is 3230. The normalized spacial score (nSPS) is 12.2. The van der Waals surface area contributed by atoms with Gasteiger partial charge in [-0.2, -0.15) is 0 Å². The van der Waals surface area contributed by atoms with Crippen LogP contribution in [0, 0.1) is 26.0 Å². The average Bonchev–Trinajstić information content (AvgIpc) is 3.82. The van der Waals surface area contributed by atoms with Crippen molar-refractivity contribution in [1.82, 2.24) is 9.97 Å². The number of hydrogen-bond donors (Lipinski definition) is 0. The van der Waals surface area contributed by atoms with Crippen molar-refractivity contribution in [2.24, 2.45) is 0 Å². The Labute approximate surface area is 389 Å². The average molecular weight is 995 g/mol. The van der Waals surface area contributed by atoms with Gasteiger partial charge >= 0.3 is 0 Å². The number of fused-ring (bicyclic) bond motifs is 10. The minimum atomic E-state index is -0.328. The van der Waals surface area contributed by atoms with Gasteiger partial charge in [0.1, 0.15) is 0 Å². The molecule has 0 atom stereocenters. The zero-order valence-corrected chi connectivity index (χ0v) is 37.9. The Morgan fingerprint density at radius 1 is 0.328 bits per heavy atom. The molecular weight excluding hydrogens is 953 g/mol. The van der Waals surface area contributed by atoms with Crippen LogP contribution in [0.5, 0.6) is 0 Å². The zero-order chi connectivity index (χ0) is 42.3. The maximum absolute atomic E-state index is 4.69. The smallest absolute Gasteiger partial charge is 0.0725 e. The summed E-state index contributed by atoms with van der Waals surface area (Å²) in [6.07, 6.45) is 0. The molecule has 10 aromatic rings. The Morgan fingerprint density at radius 3 is 1.25 bits per heavy atom. The molecule has 0 bridgehead atoms. The van der Waals surface area contributed by atoms with Crippen molar-refractivity contribution in [2.75, 3.05) is 0 Å². The van der Waals surface area contributed by atoms with Crippen LogP contribution in [0.25, 0.3) is 78.1 Å². The molecule has 3 heteroatoms. The summed E-state index contributed by atoms with van der Waals surface area (Å²) >= 11 is 0. The summed E-state index contributed by atoms with van der Waals surface area (Å²) in [5, 5.41) is 0. The van der Waals surface area contributed by atoms with Crippen molar-refractivity contribution in [3.63, 3.8) is 0 Å². The first kappa shape index (κ1) is 40.8. The number of aromatic nitrogens is 2. The predicted molar refractivity (Wildman–Crippen MR) is 259 cm³/mol. The quantitative estimate of drug-likeness (QED) is 0.161. The summed E-state index contributed by atoms with van der Waals surface area (Å²) in [4.78, 5) is 9.10. The third kappa shape index (κ3) is 7.14. The maximum Gasteiger partial charge on any atom is 0.0725 e. The molecular formula is C61H42IrN2-2. The van der Waals surface area contributed by atoms with E-state index in [1.165, 1.54) is 72.3 Å². The molecule has 2 aliphatic rings. The van der Waals surface area contributed by atoms with E-state index in [4.69, 9.17) is 4.98 Å². The predicted octanol–water partition coefficient (Wildman–Crippen LogP) is 15.1. The minimum Gasteiger partial charge on any atom is -0.302 e. The second-order valence-electron chi connectivity index (χ2n) is 16.4. The van der Waals surface area contributed by atoms with Gasteiger partial charge in [-0.3, -0.25) is 0 Å². The number of aryl methyl sites for hydroxylation is 2. The van der Waals surface area contributed by atoms with Crippen LogP contribution >= 0.6 is 0 Å². The van der Waals surface area contributed by atoms with Gasteiger partial charge in [-0.1, -0.05) is 158 Å². The molecule has 0 saturated carbocycles. The molecule has 307 valence electrons. The summed E-state index contributed by atoms with van der Waals surface area (Å²) < 4.78 is 0. The van der Waals surface area contributed by atoms with Gasteiger partial charge in [0.15, 0.2) is 0 Å². The van der Waals surface area contributed by atoms with Gasteiger partial charge in [0, 0.05) is 31.5 Å². The molecule has 0 aliphatic heterocycles. The summed E-state index contributed by atoms with van der Waals surface area (Å²) in [7, 11) is 0. The Balaban J connectivity index is 0.000000298. The van der Waals surface area contributed by atoms with Gasteiger partial charge in [0.25, 0.3) is 0 Å². The molecule has 0 saturated heterocycles. The molecule has 0 N–H and O–H groups in total. The van der Waals surface area contributed by atoms with E-state index in [-0.39, 0.29) is 25.5 Å². The fourth-order valence-electron chi connectivity index (χ4n) is 9.72. The van der Waals surface area contributed by atoms with E-state index in [9.17, 15) is 0 Å². The third-order valence-electron chi connectivity index (χ3n) is 12.6. The molecule has 12 rings (SSSR count). The van der Waals surface area contributed by atoms with Crippen LogP contribution in [0.3, 0.4) is 0 Å². The molecule has 1 radical (unpaired) electrons. The summed E-state index contributed by atoms with van der Waals surface area (Å²) in [5.74, 6) is 0. The monoisotopic (exact) mass is 995 g/mol. The van der Waals surface area contributed by atoms with Crippen molar-refractivity contribution in [3.8, 4) is 78.1 Å². The van der Waals surface area contributed by atoms with E-state index in [0.29, 0.717) is 0 Å².